The van der Waals surface area contributed by atoms with E-state index < -0.39 is 11.9 Å². The second-order valence-corrected chi connectivity index (χ2v) is 5.31. The van der Waals surface area contributed by atoms with Crippen LogP contribution in [0.1, 0.15) is 32.0 Å². The molecule has 2 aromatic carbocycles. The Bertz CT molecular complexity index is 992. The van der Waals surface area contributed by atoms with Crippen LogP contribution in [0.3, 0.4) is 0 Å². The van der Waals surface area contributed by atoms with Crippen molar-refractivity contribution in [1.29, 1.82) is 0 Å². The van der Waals surface area contributed by atoms with Crippen LogP contribution in [0.5, 0.6) is 0 Å². The molecule has 1 heterocycles. The number of methoxy groups -OCH3 is 1. The average molecular weight is 332 g/mol. The van der Waals surface area contributed by atoms with Gasteiger partial charge in [0.15, 0.2) is 0 Å². The van der Waals surface area contributed by atoms with E-state index in [9.17, 15) is 14.7 Å². The normalized spacial score (nSPS) is 10.9. The van der Waals surface area contributed by atoms with Crippen molar-refractivity contribution in [2.45, 2.75) is 0 Å². The van der Waals surface area contributed by atoms with Gasteiger partial charge in [-0.3, -0.25) is 0 Å². The highest BCUT2D eigenvalue weighted by atomic mass is 16.5. The standard InChI is InChI=1S/C20H15NO4/c1-25-20(24)15-7-3-2-6-13(15)10-11-14-12-17(19(22)23)16-8-4-5-9-18(16)21-14/h2-12H,1H3,(H,22,23)/p-1/b11-10+. The summed E-state index contributed by atoms with van der Waals surface area (Å²) in [6, 6.07) is 15.4. The molecule has 124 valence electrons. The number of pyridine rings is 1. The Morgan fingerprint density at radius 3 is 2.48 bits per heavy atom. The van der Waals surface area contributed by atoms with Gasteiger partial charge >= 0.3 is 5.97 Å². The van der Waals surface area contributed by atoms with Gasteiger partial charge in [-0.15, -0.1) is 0 Å². The molecule has 0 unspecified atom stereocenters. The molecule has 0 N–H and O–H groups in total. The largest absolute Gasteiger partial charge is 0.545 e. The summed E-state index contributed by atoms with van der Waals surface area (Å²) in [6.45, 7) is 0. The molecule has 1 aromatic heterocycles. The van der Waals surface area contributed by atoms with E-state index in [1.807, 2.05) is 0 Å². The first-order chi connectivity index (χ1) is 12.1. The number of carbonyl (C=O) groups is 2. The fraction of sp³-hybridized carbons (Fsp3) is 0.0500. The first-order valence-electron chi connectivity index (χ1n) is 7.56. The van der Waals surface area contributed by atoms with Gasteiger partial charge in [0.2, 0.25) is 0 Å². The molecule has 25 heavy (non-hydrogen) atoms. The van der Waals surface area contributed by atoms with Gasteiger partial charge in [-0.05, 0) is 29.8 Å². The summed E-state index contributed by atoms with van der Waals surface area (Å²) in [4.78, 5) is 27.6. The van der Waals surface area contributed by atoms with E-state index in [2.05, 4.69) is 4.98 Å². The first kappa shape index (κ1) is 16.4. The number of fused-ring (bicyclic) bond motifs is 1. The van der Waals surface area contributed by atoms with Gasteiger partial charge in [-0.1, -0.05) is 42.5 Å². The lowest BCUT2D eigenvalue weighted by Crippen LogP contribution is -2.22. The quantitative estimate of drug-likeness (QED) is 0.686. The zero-order chi connectivity index (χ0) is 17.8. The van der Waals surface area contributed by atoms with Crippen LogP contribution in [-0.2, 0) is 4.74 Å². The number of carboxylic acids is 1. The molecular weight excluding hydrogens is 318 g/mol. The molecule has 0 fully saturated rings. The highest BCUT2D eigenvalue weighted by Crippen LogP contribution is 2.20. The van der Waals surface area contributed by atoms with Crippen LogP contribution in [0.15, 0.2) is 54.6 Å². The Kier molecular flexibility index (Phi) is 4.57. The zero-order valence-corrected chi connectivity index (χ0v) is 13.4. The summed E-state index contributed by atoms with van der Waals surface area (Å²) in [5.41, 5.74) is 2.16. The van der Waals surface area contributed by atoms with Crippen LogP contribution in [-0.4, -0.2) is 24.0 Å². The second-order valence-electron chi connectivity index (χ2n) is 5.31. The van der Waals surface area contributed by atoms with Crippen LogP contribution in [0.4, 0.5) is 0 Å². The van der Waals surface area contributed by atoms with Crippen LogP contribution >= 0.6 is 0 Å². The van der Waals surface area contributed by atoms with Crippen molar-refractivity contribution < 1.29 is 19.4 Å². The van der Waals surface area contributed by atoms with Gasteiger partial charge in [0.25, 0.3) is 0 Å². The number of hydrogen-bond donors (Lipinski definition) is 0. The molecule has 0 saturated carbocycles. The van der Waals surface area contributed by atoms with Crippen molar-refractivity contribution in [2.24, 2.45) is 0 Å². The Morgan fingerprint density at radius 1 is 1.00 bits per heavy atom. The Labute approximate surface area is 144 Å². The molecule has 0 aliphatic rings. The number of ether oxygens (including phenoxy) is 1. The van der Waals surface area contributed by atoms with Crippen molar-refractivity contribution in [3.8, 4) is 0 Å². The van der Waals surface area contributed by atoms with E-state index >= 15 is 0 Å². The molecule has 5 nitrogen and oxygen atoms in total. The highest BCUT2D eigenvalue weighted by Gasteiger charge is 2.09. The minimum Gasteiger partial charge on any atom is -0.545 e. The summed E-state index contributed by atoms with van der Waals surface area (Å²) >= 11 is 0. The molecule has 5 heteroatoms. The van der Waals surface area contributed by atoms with Crippen molar-refractivity contribution >= 4 is 35.0 Å². The maximum Gasteiger partial charge on any atom is 0.338 e. The topological polar surface area (TPSA) is 79.3 Å². The number of aromatic carboxylic acids is 1. The number of nitrogens with zero attached hydrogens (tertiary/aromatic N) is 1. The lowest BCUT2D eigenvalue weighted by atomic mass is 10.1. The number of rotatable bonds is 4. The molecule has 0 aliphatic carbocycles. The highest BCUT2D eigenvalue weighted by molar-refractivity contribution is 6.02. The van der Waals surface area contributed by atoms with Crippen LogP contribution < -0.4 is 5.11 Å². The lowest BCUT2D eigenvalue weighted by Gasteiger charge is -2.08. The zero-order valence-electron chi connectivity index (χ0n) is 13.4. The van der Waals surface area contributed by atoms with Crippen molar-refractivity contribution in [3.63, 3.8) is 0 Å². The van der Waals surface area contributed by atoms with Gasteiger partial charge in [0.05, 0.1) is 29.9 Å². The molecule has 3 rings (SSSR count). The average Bonchev–Trinajstić information content (AvgIpc) is 2.65. The van der Waals surface area contributed by atoms with Crippen LogP contribution in [0.2, 0.25) is 0 Å². The summed E-state index contributed by atoms with van der Waals surface area (Å²) < 4.78 is 4.76. The fourth-order valence-electron chi connectivity index (χ4n) is 2.56. The van der Waals surface area contributed by atoms with Crippen molar-refractivity contribution in [2.75, 3.05) is 7.11 Å². The predicted octanol–water partition coefficient (Wildman–Crippen LogP) is 2.56. The van der Waals surface area contributed by atoms with E-state index in [1.165, 1.54) is 13.2 Å². The van der Waals surface area contributed by atoms with Crippen LogP contribution in [0, 0.1) is 0 Å². The van der Waals surface area contributed by atoms with Crippen molar-refractivity contribution in [3.05, 3.63) is 77.0 Å². The first-order valence-corrected chi connectivity index (χ1v) is 7.56. The molecule has 0 spiro atoms. The molecular formula is C20H14NO4-. The van der Waals surface area contributed by atoms with Gasteiger partial charge in [0.1, 0.15) is 0 Å². The molecule has 0 bridgehead atoms. The summed E-state index contributed by atoms with van der Waals surface area (Å²) in [7, 11) is 1.32. The van der Waals surface area contributed by atoms with E-state index in [4.69, 9.17) is 4.74 Å². The molecule has 0 radical (unpaired) electrons. The Morgan fingerprint density at radius 2 is 1.72 bits per heavy atom. The van der Waals surface area contributed by atoms with Gasteiger partial charge in [0, 0.05) is 10.9 Å². The maximum atomic E-state index is 11.8. The third kappa shape index (κ3) is 3.40. The van der Waals surface area contributed by atoms with E-state index in [-0.39, 0.29) is 5.56 Å². The summed E-state index contributed by atoms with van der Waals surface area (Å²) in [5.74, 6) is -1.70. The van der Waals surface area contributed by atoms with Crippen molar-refractivity contribution in [1.82, 2.24) is 4.98 Å². The molecule has 3 aromatic rings. The molecule has 0 atom stereocenters. The SMILES string of the molecule is COC(=O)c1ccccc1/C=C/c1cc(C(=O)[O-])c2ccccc2n1. The maximum absolute atomic E-state index is 11.8. The fourth-order valence-corrected chi connectivity index (χ4v) is 2.56. The monoisotopic (exact) mass is 332 g/mol. The number of para-hydroxylation sites is 1. The predicted molar refractivity (Wildman–Crippen MR) is 92.8 cm³/mol. The van der Waals surface area contributed by atoms with E-state index in [1.54, 1.807) is 60.7 Å². The van der Waals surface area contributed by atoms with E-state index in [0.29, 0.717) is 27.7 Å². The minimum atomic E-state index is -1.26. The summed E-state index contributed by atoms with van der Waals surface area (Å²) in [5, 5.41) is 11.9. The lowest BCUT2D eigenvalue weighted by molar-refractivity contribution is -0.254. The second kappa shape index (κ2) is 6.97. The number of aromatic nitrogens is 1. The number of carbonyl (C=O) groups excluding carboxylic acids is 2. The van der Waals surface area contributed by atoms with Gasteiger partial charge in [-0.25, -0.2) is 9.78 Å². The third-order valence-corrected chi connectivity index (χ3v) is 3.76. The number of hydrogen-bond acceptors (Lipinski definition) is 5. The van der Waals surface area contributed by atoms with E-state index in [0.717, 1.165) is 0 Å². The minimum absolute atomic E-state index is 0.0755. The third-order valence-electron chi connectivity index (χ3n) is 3.76. The number of carboxylic acid groups (broad SMARTS) is 1. The number of esters is 1. The van der Waals surface area contributed by atoms with Gasteiger partial charge in [-0.2, -0.15) is 0 Å². The molecule has 0 aliphatic heterocycles. The smallest absolute Gasteiger partial charge is 0.338 e. The molecule has 0 amide bonds. The summed E-state index contributed by atoms with van der Waals surface area (Å²) in [6.07, 6.45) is 3.35. The number of benzene rings is 2. The van der Waals surface area contributed by atoms with Crippen LogP contribution in [0.25, 0.3) is 23.1 Å². The Hall–Kier alpha value is -3.47. The van der Waals surface area contributed by atoms with Gasteiger partial charge < -0.3 is 14.6 Å². The Balaban J connectivity index is 2.06. The molecule has 0 saturated heterocycles.